The predicted octanol–water partition coefficient (Wildman–Crippen LogP) is 3.04. The van der Waals surface area contributed by atoms with Gasteiger partial charge in [-0.15, -0.1) is 0 Å². The number of ether oxygens (including phenoxy) is 1. The third-order valence-corrected chi connectivity index (χ3v) is 4.20. The van der Waals surface area contributed by atoms with Crippen LogP contribution in [0.2, 0.25) is 0 Å². The Kier molecular flexibility index (Phi) is 6.34. The predicted molar refractivity (Wildman–Crippen MR) is 83.9 cm³/mol. The number of nitrogens with zero attached hydrogens (tertiary/aromatic N) is 1. The topological polar surface area (TPSA) is 38.5 Å². The normalized spacial score (nSPS) is 20.0. The Morgan fingerprint density at radius 3 is 3.10 bits per heavy atom. The highest BCUT2D eigenvalue weighted by Gasteiger charge is 2.17. The van der Waals surface area contributed by atoms with Crippen LogP contribution in [-0.4, -0.2) is 31.1 Å². The standard InChI is InChI=1S/C17H28N2O/c1-2-15-7-4-9-19(14-15)10-5-11-20-17-8-3-6-16(12-17)13-18/h3,6,8,12,15H,2,4-5,7,9-11,13-14,18H2,1H3. The third kappa shape index (κ3) is 4.80. The fourth-order valence-electron chi connectivity index (χ4n) is 2.93. The van der Waals surface area contributed by atoms with E-state index < -0.39 is 0 Å². The van der Waals surface area contributed by atoms with Gasteiger partial charge < -0.3 is 15.4 Å². The van der Waals surface area contributed by atoms with E-state index in [0.717, 1.165) is 36.8 Å². The van der Waals surface area contributed by atoms with Crippen molar-refractivity contribution in [1.29, 1.82) is 0 Å². The van der Waals surface area contributed by atoms with E-state index in [1.54, 1.807) is 0 Å². The van der Waals surface area contributed by atoms with Crippen molar-refractivity contribution in [3.8, 4) is 5.75 Å². The number of rotatable bonds is 7. The maximum Gasteiger partial charge on any atom is 0.119 e. The number of likely N-dealkylation sites (tertiary alicyclic amines) is 1. The third-order valence-electron chi connectivity index (χ3n) is 4.20. The molecule has 2 rings (SSSR count). The number of hydrogen-bond donors (Lipinski definition) is 1. The van der Waals surface area contributed by atoms with Crippen molar-refractivity contribution < 1.29 is 4.74 Å². The Hall–Kier alpha value is -1.06. The number of piperidine rings is 1. The second-order valence-electron chi connectivity index (χ2n) is 5.77. The summed E-state index contributed by atoms with van der Waals surface area (Å²) in [5, 5.41) is 0. The monoisotopic (exact) mass is 276 g/mol. The van der Waals surface area contributed by atoms with Crippen molar-refractivity contribution in [3.63, 3.8) is 0 Å². The van der Waals surface area contributed by atoms with Crippen molar-refractivity contribution in [2.75, 3.05) is 26.2 Å². The largest absolute Gasteiger partial charge is 0.494 e. The van der Waals surface area contributed by atoms with E-state index in [1.807, 2.05) is 24.3 Å². The van der Waals surface area contributed by atoms with E-state index in [9.17, 15) is 0 Å². The first kappa shape index (κ1) is 15.3. The van der Waals surface area contributed by atoms with Crippen LogP contribution in [0.4, 0.5) is 0 Å². The van der Waals surface area contributed by atoms with Crippen molar-refractivity contribution in [2.45, 2.75) is 39.2 Å². The molecular weight excluding hydrogens is 248 g/mol. The first-order chi connectivity index (χ1) is 9.81. The molecule has 1 saturated heterocycles. The van der Waals surface area contributed by atoms with E-state index >= 15 is 0 Å². The second-order valence-corrected chi connectivity index (χ2v) is 5.77. The Labute approximate surface area is 123 Å². The molecule has 1 heterocycles. The van der Waals surface area contributed by atoms with Crippen LogP contribution in [0.25, 0.3) is 0 Å². The molecule has 0 bridgehead atoms. The fourth-order valence-corrected chi connectivity index (χ4v) is 2.93. The molecule has 3 nitrogen and oxygen atoms in total. The van der Waals surface area contributed by atoms with Gasteiger partial charge in [-0.1, -0.05) is 25.5 Å². The van der Waals surface area contributed by atoms with Gasteiger partial charge >= 0.3 is 0 Å². The minimum absolute atomic E-state index is 0.573. The van der Waals surface area contributed by atoms with Crippen LogP contribution in [0.1, 0.15) is 38.2 Å². The quantitative estimate of drug-likeness (QED) is 0.778. The molecule has 0 aliphatic carbocycles. The Morgan fingerprint density at radius 1 is 1.40 bits per heavy atom. The molecule has 1 aliphatic heterocycles. The zero-order chi connectivity index (χ0) is 14.2. The highest BCUT2D eigenvalue weighted by atomic mass is 16.5. The van der Waals surface area contributed by atoms with Crippen molar-refractivity contribution in [2.24, 2.45) is 11.7 Å². The summed E-state index contributed by atoms with van der Waals surface area (Å²) in [5.41, 5.74) is 6.76. The lowest BCUT2D eigenvalue weighted by atomic mass is 9.96. The van der Waals surface area contributed by atoms with Gasteiger partial charge in [-0.3, -0.25) is 0 Å². The molecule has 0 radical (unpaired) electrons. The summed E-state index contributed by atoms with van der Waals surface area (Å²) in [6.07, 6.45) is 5.19. The van der Waals surface area contributed by atoms with Crippen LogP contribution in [0.15, 0.2) is 24.3 Å². The van der Waals surface area contributed by atoms with Crippen LogP contribution in [0, 0.1) is 5.92 Å². The SMILES string of the molecule is CCC1CCCN(CCCOc2cccc(CN)c2)C1. The molecule has 1 aliphatic rings. The first-order valence-electron chi connectivity index (χ1n) is 7.96. The lowest BCUT2D eigenvalue weighted by Crippen LogP contribution is -2.36. The highest BCUT2D eigenvalue weighted by molar-refractivity contribution is 5.28. The van der Waals surface area contributed by atoms with E-state index in [-0.39, 0.29) is 0 Å². The summed E-state index contributed by atoms with van der Waals surface area (Å²) in [6, 6.07) is 8.08. The Morgan fingerprint density at radius 2 is 2.30 bits per heavy atom. The molecule has 112 valence electrons. The van der Waals surface area contributed by atoms with Gasteiger partial charge in [-0.2, -0.15) is 0 Å². The molecule has 0 amide bonds. The van der Waals surface area contributed by atoms with Gasteiger partial charge in [-0.05, 0) is 49.4 Å². The number of hydrogen-bond acceptors (Lipinski definition) is 3. The van der Waals surface area contributed by atoms with Gasteiger partial charge in [0.25, 0.3) is 0 Å². The van der Waals surface area contributed by atoms with Crippen molar-refractivity contribution in [1.82, 2.24) is 4.90 Å². The molecule has 1 aromatic rings. The van der Waals surface area contributed by atoms with Gasteiger partial charge in [0.05, 0.1) is 6.61 Å². The average molecular weight is 276 g/mol. The van der Waals surface area contributed by atoms with Crippen LogP contribution >= 0.6 is 0 Å². The number of benzene rings is 1. The molecule has 0 saturated carbocycles. The Bertz CT molecular complexity index is 394. The lowest BCUT2D eigenvalue weighted by molar-refractivity contribution is 0.160. The van der Waals surface area contributed by atoms with E-state index in [0.29, 0.717) is 6.54 Å². The minimum Gasteiger partial charge on any atom is -0.494 e. The maximum atomic E-state index is 5.81. The summed E-state index contributed by atoms with van der Waals surface area (Å²) >= 11 is 0. The second kappa shape index (κ2) is 8.28. The van der Waals surface area contributed by atoms with E-state index in [2.05, 4.69) is 11.8 Å². The Balaban J connectivity index is 1.65. The smallest absolute Gasteiger partial charge is 0.119 e. The van der Waals surface area contributed by atoms with Crippen LogP contribution in [-0.2, 0) is 6.54 Å². The van der Waals surface area contributed by atoms with Gasteiger partial charge in [-0.25, -0.2) is 0 Å². The van der Waals surface area contributed by atoms with Gasteiger partial charge in [0.1, 0.15) is 5.75 Å². The van der Waals surface area contributed by atoms with E-state index in [4.69, 9.17) is 10.5 Å². The zero-order valence-corrected chi connectivity index (χ0v) is 12.7. The van der Waals surface area contributed by atoms with Crippen LogP contribution in [0.3, 0.4) is 0 Å². The van der Waals surface area contributed by atoms with Gasteiger partial charge in [0.15, 0.2) is 0 Å². The average Bonchev–Trinajstić information content (AvgIpc) is 2.52. The van der Waals surface area contributed by atoms with Crippen molar-refractivity contribution in [3.05, 3.63) is 29.8 Å². The van der Waals surface area contributed by atoms with Gasteiger partial charge in [0.2, 0.25) is 0 Å². The molecule has 3 heteroatoms. The molecule has 1 aromatic carbocycles. The summed E-state index contributed by atoms with van der Waals surface area (Å²) in [5.74, 6) is 1.85. The molecule has 0 spiro atoms. The zero-order valence-electron chi connectivity index (χ0n) is 12.7. The summed E-state index contributed by atoms with van der Waals surface area (Å²) in [6.45, 7) is 7.37. The molecule has 2 N–H and O–H groups in total. The first-order valence-corrected chi connectivity index (χ1v) is 7.96. The van der Waals surface area contributed by atoms with Crippen LogP contribution in [0.5, 0.6) is 5.75 Å². The fraction of sp³-hybridized carbons (Fsp3) is 0.647. The lowest BCUT2D eigenvalue weighted by Gasteiger charge is -2.32. The molecule has 1 unspecified atom stereocenters. The van der Waals surface area contributed by atoms with Crippen molar-refractivity contribution >= 4 is 0 Å². The highest BCUT2D eigenvalue weighted by Crippen LogP contribution is 2.19. The number of nitrogens with two attached hydrogens (primary N) is 1. The maximum absolute atomic E-state index is 5.81. The molecule has 1 atom stereocenters. The van der Waals surface area contributed by atoms with Crippen LogP contribution < -0.4 is 10.5 Å². The molecule has 1 fully saturated rings. The molecule has 20 heavy (non-hydrogen) atoms. The summed E-state index contributed by atoms with van der Waals surface area (Å²) in [4.78, 5) is 2.59. The summed E-state index contributed by atoms with van der Waals surface area (Å²) in [7, 11) is 0. The van der Waals surface area contributed by atoms with Gasteiger partial charge in [0, 0.05) is 19.6 Å². The minimum atomic E-state index is 0.573. The summed E-state index contributed by atoms with van der Waals surface area (Å²) < 4.78 is 5.81. The van der Waals surface area contributed by atoms with E-state index in [1.165, 1.54) is 32.4 Å². The molecular formula is C17H28N2O. The molecule has 0 aromatic heterocycles.